The average molecular weight is 171 g/mol. The second kappa shape index (κ2) is 4.89. The van der Waals surface area contributed by atoms with Crippen molar-refractivity contribution in [2.24, 2.45) is 0 Å². The van der Waals surface area contributed by atoms with Crippen LogP contribution in [0.15, 0.2) is 0 Å². The molecule has 2 nitrogen and oxygen atoms in total. The van der Waals surface area contributed by atoms with Crippen LogP contribution in [0.2, 0.25) is 0 Å². The van der Waals surface area contributed by atoms with Gasteiger partial charge in [0.1, 0.15) is 12.0 Å². The van der Waals surface area contributed by atoms with Crippen LogP contribution in [0.5, 0.6) is 0 Å². The Balaban J connectivity index is 3.28. The van der Waals surface area contributed by atoms with E-state index in [9.17, 15) is 4.79 Å². The Hall–Kier alpha value is 0.0500. The molecule has 0 aliphatic heterocycles. The minimum atomic E-state index is -0.576. The van der Waals surface area contributed by atoms with Gasteiger partial charge in [-0.15, -0.1) is 23.2 Å². The van der Waals surface area contributed by atoms with Crippen LogP contribution in [-0.2, 0) is 9.53 Å². The van der Waals surface area contributed by atoms with Gasteiger partial charge in [0.2, 0.25) is 0 Å². The molecule has 0 amide bonds. The first kappa shape index (κ1) is 9.05. The molecule has 0 bridgehead atoms. The zero-order valence-electron chi connectivity index (χ0n) is 5.06. The highest BCUT2D eigenvalue weighted by Gasteiger charge is 2.08. The molecule has 4 heteroatoms. The maximum atomic E-state index is 10.5. The lowest BCUT2D eigenvalue weighted by atomic mass is 10.5. The average Bonchev–Trinajstić information content (AvgIpc) is 1.82. The summed E-state index contributed by atoms with van der Waals surface area (Å²) < 4.78 is 4.55. The number of rotatable bonds is 3. The van der Waals surface area contributed by atoms with E-state index < -0.39 is 11.3 Å². The highest BCUT2D eigenvalue weighted by molar-refractivity contribution is 6.29. The van der Waals surface area contributed by atoms with Crippen LogP contribution < -0.4 is 0 Å². The van der Waals surface area contributed by atoms with Crippen molar-refractivity contribution in [1.82, 2.24) is 0 Å². The second-order valence-corrected chi connectivity index (χ2v) is 2.51. The topological polar surface area (TPSA) is 26.3 Å². The summed E-state index contributed by atoms with van der Waals surface area (Å²) in [6.45, 7) is 1.79. The highest BCUT2D eigenvalue weighted by Crippen LogP contribution is 1.96. The first-order valence-corrected chi connectivity index (χ1v) is 3.52. The van der Waals surface area contributed by atoms with Gasteiger partial charge in [-0.25, -0.2) is 0 Å². The minimum Gasteiger partial charge on any atom is -0.463 e. The van der Waals surface area contributed by atoms with Crippen molar-refractivity contribution < 1.29 is 9.53 Å². The number of ether oxygens (including phenoxy) is 1. The van der Waals surface area contributed by atoms with E-state index in [0.29, 0.717) is 5.88 Å². The van der Waals surface area contributed by atoms with E-state index in [4.69, 9.17) is 23.2 Å². The molecule has 0 heterocycles. The van der Waals surface area contributed by atoms with Gasteiger partial charge < -0.3 is 4.74 Å². The van der Waals surface area contributed by atoms with Gasteiger partial charge in [-0.3, -0.25) is 4.79 Å². The first-order valence-electron chi connectivity index (χ1n) is 2.55. The third-order valence-corrected chi connectivity index (χ3v) is 0.979. The summed E-state index contributed by atoms with van der Waals surface area (Å²) in [7, 11) is 0. The van der Waals surface area contributed by atoms with Crippen molar-refractivity contribution in [2.75, 3.05) is 12.5 Å². The predicted octanol–water partition coefficient (Wildman–Crippen LogP) is 1.40. The molecule has 1 atom stereocenters. The molecule has 0 fully saturated rings. The number of alkyl halides is 2. The fourth-order valence-electron chi connectivity index (χ4n) is 0.254. The molecule has 0 aromatic carbocycles. The van der Waals surface area contributed by atoms with Crippen LogP contribution in [-0.4, -0.2) is 23.8 Å². The lowest BCUT2D eigenvalue weighted by Crippen LogP contribution is -2.15. The molecular weight excluding hydrogens is 163 g/mol. The maximum absolute atomic E-state index is 10.5. The Kier molecular flexibility index (Phi) is 4.91. The van der Waals surface area contributed by atoms with Gasteiger partial charge in [-0.05, 0) is 6.92 Å². The Bertz CT molecular complexity index is 93.0. The standard InChI is InChI=1S/C5H8Cl2O2/c1-4(7)5(8)9-3-2-6/h4H,2-3H2,1H3. The van der Waals surface area contributed by atoms with Gasteiger partial charge in [0.25, 0.3) is 0 Å². The predicted molar refractivity (Wildman–Crippen MR) is 37.0 cm³/mol. The summed E-state index contributed by atoms with van der Waals surface area (Å²) in [5.41, 5.74) is 0. The van der Waals surface area contributed by atoms with Gasteiger partial charge >= 0.3 is 5.97 Å². The number of carbonyl (C=O) groups excluding carboxylic acids is 1. The summed E-state index contributed by atoms with van der Waals surface area (Å²) in [6, 6.07) is 0. The molecule has 0 saturated heterocycles. The van der Waals surface area contributed by atoms with Gasteiger partial charge in [-0.1, -0.05) is 0 Å². The van der Waals surface area contributed by atoms with Crippen molar-refractivity contribution in [3.8, 4) is 0 Å². The smallest absolute Gasteiger partial charge is 0.323 e. The fourth-order valence-corrected chi connectivity index (χ4v) is 0.394. The fraction of sp³-hybridized carbons (Fsp3) is 0.800. The summed E-state index contributed by atoms with van der Waals surface area (Å²) >= 11 is 10.6. The lowest BCUT2D eigenvalue weighted by Gasteiger charge is -2.01. The molecule has 0 aromatic rings. The van der Waals surface area contributed by atoms with Crippen LogP contribution in [0.1, 0.15) is 6.92 Å². The molecule has 0 saturated carbocycles. The van der Waals surface area contributed by atoms with E-state index in [0.717, 1.165) is 0 Å². The van der Waals surface area contributed by atoms with E-state index >= 15 is 0 Å². The molecule has 0 radical (unpaired) electrons. The first-order chi connectivity index (χ1) is 4.18. The summed E-state index contributed by atoms with van der Waals surface area (Å²) in [4.78, 5) is 10.5. The number of carbonyl (C=O) groups is 1. The quantitative estimate of drug-likeness (QED) is 0.473. The zero-order valence-corrected chi connectivity index (χ0v) is 6.58. The molecule has 9 heavy (non-hydrogen) atoms. The van der Waals surface area contributed by atoms with Crippen molar-refractivity contribution in [2.45, 2.75) is 12.3 Å². The van der Waals surface area contributed by atoms with Crippen molar-refractivity contribution in [3.63, 3.8) is 0 Å². The summed E-state index contributed by atoms with van der Waals surface area (Å²) in [5.74, 6) is -0.104. The Morgan fingerprint density at radius 3 is 2.67 bits per heavy atom. The monoisotopic (exact) mass is 170 g/mol. The van der Waals surface area contributed by atoms with Crippen molar-refractivity contribution in [3.05, 3.63) is 0 Å². The molecule has 0 spiro atoms. The van der Waals surface area contributed by atoms with E-state index in [1.54, 1.807) is 6.92 Å². The maximum Gasteiger partial charge on any atom is 0.323 e. The zero-order chi connectivity index (χ0) is 7.28. The summed E-state index contributed by atoms with van der Waals surface area (Å²) in [5, 5.41) is -0.576. The molecule has 1 unspecified atom stereocenters. The van der Waals surface area contributed by atoms with Gasteiger partial charge in [0.05, 0.1) is 5.88 Å². The second-order valence-electron chi connectivity index (χ2n) is 1.47. The molecule has 54 valence electrons. The lowest BCUT2D eigenvalue weighted by molar-refractivity contribution is -0.142. The molecule has 0 aliphatic carbocycles. The van der Waals surface area contributed by atoms with Crippen molar-refractivity contribution >= 4 is 29.2 Å². The highest BCUT2D eigenvalue weighted by atomic mass is 35.5. The normalized spacial score (nSPS) is 12.8. The Morgan fingerprint density at radius 2 is 2.33 bits per heavy atom. The van der Waals surface area contributed by atoms with Crippen LogP contribution >= 0.6 is 23.2 Å². The van der Waals surface area contributed by atoms with Crippen LogP contribution in [0, 0.1) is 0 Å². The molecule has 0 aromatic heterocycles. The molecule has 0 N–H and O–H groups in total. The SMILES string of the molecule is CC(Cl)C(=O)OCCCl. The molecule has 0 aliphatic rings. The summed E-state index contributed by atoms with van der Waals surface area (Å²) in [6.07, 6.45) is 0. The number of esters is 1. The minimum absolute atomic E-state index is 0.234. The third-order valence-electron chi connectivity index (χ3n) is 0.646. The molecular formula is C5H8Cl2O2. The van der Waals surface area contributed by atoms with E-state index in [1.165, 1.54) is 0 Å². The number of halogens is 2. The largest absolute Gasteiger partial charge is 0.463 e. The van der Waals surface area contributed by atoms with Gasteiger partial charge in [0, 0.05) is 0 Å². The van der Waals surface area contributed by atoms with E-state index in [-0.39, 0.29) is 6.61 Å². The van der Waals surface area contributed by atoms with E-state index in [2.05, 4.69) is 4.74 Å². The Morgan fingerprint density at radius 1 is 1.78 bits per heavy atom. The van der Waals surface area contributed by atoms with Gasteiger partial charge in [-0.2, -0.15) is 0 Å². The van der Waals surface area contributed by atoms with Crippen molar-refractivity contribution in [1.29, 1.82) is 0 Å². The van der Waals surface area contributed by atoms with Gasteiger partial charge in [0.15, 0.2) is 0 Å². The Labute approximate surface area is 64.1 Å². The van der Waals surface area contributed by atoms with Crippen LogP contribution in [0.25, 0.3) is 0 Å². The number of hydrogen-bond donors (Lipinski definition) is 0. The van der Waals surface area contributed by atoms with Crippen LogP contribution in [0.4, 0.5) is 0 Å². The van der Waals surface area contributed by atoms with E-state index in [1.807, 2.05) is 0 Å². The number of hydrogen-bond acceptors (Lipinski definition) is 2. The van der Waals surface area contributed by atoms with Crippen LogP contribution in [0.3, 0.4) is 0 Å². The molecule has 0 rings (SSSR count). The third kappa shape index (κ3) is 4.55.